The van der Waals surface area contributed by atoms with Gasteiger partial charge in [0, 0.05) is 5.69 Å². The van der Waals surface area contributed by atoms with Gasteiger partial charge in [0.2, 0.25) is 0 Å². The molecule has 0 N–H and O–H groups in total. The first-order valence-corrected chi connectivity index (χ1v) is 7.60. The topological polar surface area (TPSA) is 34.9 Å². The average molecular weight is 428 g/mol. The number of aryl methyl sites for hydroxylation is 2. The maximum atomic E-state index is 7.75. The minimum atomic E-state index is 0.994. The Morgan fingerprint density at radius 1 is 1.35 bits per heavy atom. The van der Waals surface area contributed by atoms with Crippen LogP contribution in [0.4, 0.5) is 0 Å². The average Bonchev–Trinajstić information content (AvgIpc) is 2.74. The standard InChI is InChI=1S/C11H11N2.CHO.ClH.Ir/c1-9-8-10(2)13(12-9)11-6-4-3-5-7-11;1-2;;/h3-6,8H,1-2H3;1H;1H;/q2*-1;;+3/p-1. The molecule has 2 aromatic rings. The quantitative estimate of drug-likeness (QED) is 0.518. The van der Waals surface area contributed by atoms with E-state index in [-0.39, 0.29) is 0 Å². The number of para-hydroxylation sites is 1. The van der Waals surface area contributed by atoms with Crippen molar-refractivity contribution in [2.45, 2.75) is 13.8 Å². The van der Waals surface area contributed by atoms with Gasteiger partial charge >= 0.3 is 27.5 Å². The van der Waals surface area contributed by atoms with Crippen molar-refractivity contribution in [3.8, 4) is 5.69 Å². The molecule has 1 aromatic carbocycles. The summed E-state index contributed by atoms with van der Waals surface area (Å²) in [6.07, 6.45) is 0. The summed E-state index contributed by atoms with van der Waals surface area (Å²) >= 11 is 1.47. The van der Waals surface area contributed by atoms with Crippen LogP contribution < -0.4 is 0 Å². The van der Waals surface area contributed by atoms with Crippen molar-refractivity contribution in [1.29, 1.82) is 0 Å². The molecule has 0 saturated carbocycles. The number of benzene rings is 1. The molecular weight excluding hydrogens is 416 g/mol. The van der Waals surface area contributed by atoms with E-state index in [1.807, 2.05) is 42.8 Å². The Bertz CT molecular complexity index is 431. The molecule has 0 aliphatic carbocycles. The molecule has 1 aromatic heterocycles. The van der Waals surface area contributed by atoms with Crippen LogP contribution in [-0.4, -0.2) is 16.6 Å². The predicted octanol–water partition coefficient (Wildman–Crippen LogP) is 2.70. The van der Waals surface area contributed by atoms with Crippen LogP contribution in [0.2, 0.25) is 0 Å². The number of rotatable bonds is 1. The van der Waals surface area contributed by atoms with Crippen molar-refractivity contribution in [3.05, 3.63) is 47.8 Å². The van der Waals surface area contributed by atoms with Gasteiger partial charge in [0.15, 0.2) is 0 Å². The summed E-state index contributed by atoms with van der Waals surface area (Å²) in [6.45, 7) is 7.28. The van der Waals surface area contributed by atoms with Gasteiger partial charge < -0.3 is 4.79 Å². The van der Waals surface area contributed by atoms with Crippen LogP contribution in [-0.2, 0) is 22.7 Å². The van der Waals surface area contributed by atoms with Crippen molar-refractivity contribution >= 4 is 16.4 Å². The molecule has 0 bridgehead atoms. The fourth-order valence-electron chi connectivity index (χ4n) is 1.39. The number of aromatic nitrogens is 2. The van der Waals surface area contributed by atoms with E-state index in [0.29, 0.717) is 0 Å². The number of hydrogen-bond acceptors (Lipinski definition) is 2. The first-order chi connectivity index (χ1) is 8.27. The molecule has 0 unspecified atom stereocenters. The Labute approximate surface area is 116 Å². The van der Waals surface area contributed by atoms with Crippen LogP contribution in [0.25, 0.3) is 5.69 Å². The Hall–Kier alpha value is -0.961. The van der Waals surface area contributed by atoms with E-state index in [2.05, 4.69) is 33.6 Å². The van der Waals surface area contributed by atoms with Gasteiger partial charge in [-0.25, -0.2) is 0 Å². The molecule has 1 heterocycles. The molecule has 17 heavy (non-hydrogen) atoms. The Morgan fingerprint density at radius 3 is 2.41 bits per heavy atom. The van der Waals surface area contributed by atoms with Crippen LogP contribution in [0, 0.1) is 19.9 Å². The van der Waals surface area contributed by atoms with E-state index in [1.165, 1.54) is 17.9 Å². The van der Waals surface area contributed by atoms with Gasteiger partial charge in [-0.1, -0.05) is 0 Å². The van der Waals surface area contributed by atoms with Gasteiger partial charge in [0.1, 0.15) is 0 Å². The van der Waals surface area contributed by atoms with Crippen molar-refractivity contribution < 1.29 is 22.7 Å². The normalized spacial score (nSPS) is 8.47. The van der Waals surface area contributed by atoms with E-state index >= 15 is 0 Å². The second-order valence-corrected chi connectivity index (χ2v) is 3.09. The summed E-state index contributed by atoms with van der Waals surface area (Å²) < 4.78 is 1.90. The fourth-order valence-corrected chi connectivity index (χ4v) is 1.39. The first-order valence-electron chi connectivity index (χ1n) is 4.64. The van der Waals surface area contributed by atoms with Gasteiger partial charge in [0.05, 0.1) is 5.69 Å². The molecule has 5 heteroatoms. The molecule has 0 aliphatic rings. The summed E-state index contributed by atoms with van der Waals surface area (Å²) in [5.41, 5.74) is 3.17. The van der Waals surface area contributed by atoms with Crippen LogP contribution in [0.15, 0.2) is 30.3 Å². The molecule has 92 valence electrons. The molecule has 0 radical (unpaired) electrons. The summed E-state index contributed by atoms with van der Waals surface area (Å²) in [6, 6.07) is 13.0. The molecule has 3 nitrogen and oxygen atoms in total. The van der Waals surface area contributed by atoms with Gasteiger partial charge in [-0.15, -0.1) is 6.07 Å². The van der Waals surface area contributed by atoms with E-state index in [4.69, 9.17) is 4.79 Å². The van der Waals surface area contributed by atoms with Crippen LogP contribution in [0.3, 0.4) is 0 Å². The second-order valence-electron chi connectivity index (χ2n) is 3.09. The third kappa shape index (κ3) is 4.82. The SMILES string of the molecule is Cc1cc(C)n(-c2[c-]cccc2)n1.[CH-]=O.[Cl][Ir+2]. The van der Waals surface area contributed by atoms with Crippen LogP contribution >= 0.6 is 9.58 Å². The third-order valence-electron chi connectivity index (χ3n) is 1.93. The molecule has 2 rings (SSSR count). The zero-order chi connectivity index (χ0) is 13.3. The number of carbonyl (C=O) groups excluding carboxylic acids is 1. The number of halogens is 1. The second kappa shape index (κ2) is 9.11. The molecule has 0 atom stereocenters. The van der Waals surface area contributed by atoms with E-state index in [9.17, 15) is 0 Å². The Kier molecular flexibility index (Phi) is 8.59. The third-order valence-corrected chi connectivity index (χ3v) is 1.93. The zero-order valence-electron chi connectivity index (χ0n) is 9.48. The van der Waals surface area contributed by atoms with Crippen LogP contribution in [0.1, 0.15) is 11.4 Å². The van der Waals surface area contributed by atoms with Gasteiger partial charge in [-0.3, -0.25) is 11.5 Å². The monoisotopic (exact) mass is 428 g/mol. The first kappa shape index (κ1) is 16.0. The van der Waals surface area contributed by atoms with E-state index < -0.39 is 0 Å². The molecule has 0 fully saturated rings. The molecule has 0 amide bonds. The molecule has 0 aliphatic heterocycles. The van der Waals surface area contributed by atoms with Crippen LogP contribution in [0.5, 0.6) is 0 Å². The summed E-state index contributed by atoms with van der Waals surface area (Å²) in [5, 5.41) is 4.37. The van der Waals surface area contributed by atoms with E-state index in [0.717, 1.165) is 17.1 Å². The van der Waals surface area contributed by atoms with Crippen molar-refractivity contribution in [1.82, 2.24) is 9.78 Å². The van der Waals surface area contributed by atoms with Gasteiger partial charge in [-0.05, 0) is 25.6 Å². The Balaban J connectivity index is 0.000000581. The summed E-state index contributed by atoms with van der Waals surface area (Å²) in [5.74, 6) is 0. The van der Waals surface area contributed by atoms with Gasteiger partial charge in [-0.2, -0.15) is 29.4 Å². The summed E-state index contributed by atoms with van der Waals surface area (Å²) in [4.78, 5) is 7.75. The minimum absolute atomic E-state index is 0.994. The molecule has 0 saturated heterocycles. The van der Waals surface area contributed by atoms with Crippen molar-refractivity contribution in [3.63, 3.8) is 0 Å². The zero-order valence-corrected chi connectivity index (χ0v) is 12.6. The fraction of sp³-hybridized carbons (Fsp3) is 0.167. The van der Waals surface area contributed by atoms with E-state index in [1.54, 1.807) is 0 Å². The number of nitrogens with zero attached hydrogens (tertiary/aromatic N) is 2. The van der Waals surface area contributed by atoms with Crippen molar-refractivity contribution in [2.75, 3.05) is 0 Å². The van der Waals surface area contributed by atoms with Crippen molar-refractivity contribution in [2.24, 2.45) is 0 Å². The Morgan fingerprint density at radius 2 is 2.00 bits per heavy atom. The molecule has 0 spiro atoms. The molecular formula is C12H12ClIrN2O. The predicted molar refractivity (Wildman–Crippen MR) is 64.5 cm³/mol. The number of hydrogen-bond donors (Lipinski definition) is 0. The van der Waals surface area contributed by atoms with Gasteiger partial charge in [0.25, 0.3) is 0 Å². The maximum absolute atomic E-state index is 7.75. The summed E-state index contributed by atoms with van der Waals surface area (Å²) in [7, 11) is 4.64.